The number of benzene rings is 1. The molecule has 0 aliphatic carbocycles. The molecule has 0 spiro atoms. The van der Waals surface area contributed by atoms with Crippen LogP contribution < -0.4 is 4.74 Å². The fourth-order valence-electron chi connectivity index (χ4n) is 1.62. The van der Waals surface area contributed by atoms with E-state index in [0.717, 1.165) is 15.8 Å². The predicted octanol–water partition coefficient (Wildman–Crippen LogP) is 5.41. The molecule has 1 aromatic carbocycles. The molecule has 0 unspecified atom stereocenters. The SMILES string of the molecule is CC(C)c1cc(Br)ccc1Oc1cccc(Cl)n1. The van der Waals surface area contributed by atoms with Crippen molar-refractivity contribution in [2.24, 2.45) is 0 Å². The predicted molar refractivity (Wildman–Crippen MR) is 77.6 cm³/mol. The molecule has 0 bridgehead atoms. The van der Waals surface area contributed by atoms with Gasteiger partial charge in [-0.15, -0.1) is 0 Å². The Bertz CT molecular complexity index is 557. The molecule has 0 N–H and O–H groups in total. The highest BCUT2D eigenvalue weighted by molar-refractivity contribution is 9.10. The Morgan fingerprint density at radius 3 is 2.67 bits per heavy atom. The molecule has 0 fully saturated rings. The summed E-state index contributed by atoms with van der Waals surface area (Å²) in [5.74, 6) is 1.69. The Balaban J connectivity index is 2.34. The highest BCUT2D eigenvalue weighted by atomic mass is 79.9. The largest absolute Gasteiger partial charge is 0.439 e. The number of hydrogen-bond donors (Lipinski definition) is 0. The fourth-order valence-corrected chi connectivity index (χ4v) is 2.16. The summed E-state index contributed by atoms with van der Waals surface area (Å²) in [6, 6.07) is 11.3. The Labute approximate surface area is 120 Å². The van der Waals surface area contributed by atoms with Gasteiger partial charge in [0.15, 0.2) is 0 Å². The molecule has 2 aromatic rings. The standard InChI is InChI=1S/C14H13BrClNO/c1-9(2)11-8-10(15)6-7-12(11)18-14-5-3-4-13(16)17-14/h3-9H,1-2H3. The minimum atomic E-state index is 0.372. The van der Waals surface area contributed by atoms with E-state index in [9.17, 15) is 0 Å². The number of nitrogens with zero attached hydrogens (tertiary/aromatic N) is 1. The van der Waals surface area contributed by atoms with E-state index >= 15 is 0 Å². The van der Waals surface area contributed by atoms with E-state index in [0.29, 0.717) is 17.0 Å². The van der Waals surface area contributed by atoms with Gasteiger partial charge in [-0.25, -0.2) is 4.98 Å². The Hall–Kier alpha value is -1.06. The van der Waals surface area contributed by atoms with Crippen molar-refractivity contribution >= 4 is 27.5 Å². The maximum Gasteiger partial charge on any atom is 0.220 e. The molecular formula is C14H13BrClNO. The van der Waals surface area contributed by atoms with E-state index < -0.39 is 0 Å². The van der Waals surface area contributed by atoms with Crippen LogP contribution in [0.4, 0.5) is 0 Å². The quantitative estimate of drug-likeness (QED) is 0.703. The van der Waals surface area contributed by atoms with Gasteiger partial charge in [-0.05, 0) is 35.7 Å². The van der Waals surface area contributed by atoms with Crippen LogP contribution in [-0.2, 0) is 0 Å². The van der Waals surface area contributed by atoms with Crippen molar-refractivity contribution in [2.45, 2.75) is 19.8 Å². The molecule has 0 aliphatic heterocycles. The zero-order valence-electron chi connectivity index (χ0n) is 10.2. The number of pyridine rings is 1. The summed E-state index contributed by atoms with van der Waals surface area (Å²) in [5, 5.41) is 0.427. The van der Waals surface area contributed by atoms with E-state index in [2.05, 4.69) is 40.8 Å². The molecular weight excluding hydrogens is 314 g/mol. The van der Waals surface area contributed by atoms with Crippen molar-refractivity contribution < 1.29 is 4.74 Å². The lowest BCUT2D eigenvalue weighted by molar-refractivity contribution is 0.454. The third-order valence-electron chi connectivity index (χ3n) is 2.50. The molecule has 0 amide bonds. The Morgan fingerprint density at radius 2 is 2.00 bits per heavy atom. The van der Waals surface area contributed by atoms with Crippen LogP contribution in [0.3, 0.4) is 0 Å². The average Bonchev–Trinajstić information content (AvgIpc) is 2.31. The molecule has 4 heteroatoms. The lowest BCUT2D eigenvalue weighted by Gasteiger charge is -2.13. The van der Waals surface area contributed by atoms with E-state index in [1.807, 2.05) is 18.2 Å². The second-order valence-electron chi connectivity index (χ2n) is 4.24. The van der Waals surface area contributed by atoms with Crippen LogP contribution in [-0.4, -0.2) is 4.98 Å². The van der Waals surface area contributed by atoms with Crippen molar-refractivity contribution in [3.8, 4) is 11.6 Å². The van der Waals surface area contributed by atoms with E-state index in [4.69, 9.17) is 16.3 Å². The van der Waals surface area contributed by atoms with E-state index in [1.54, 1.807) is 12.1 Å². The molecule has 0 saturated carbocycles. The van der Waals surface area contributed by atoms with Crippen LogP contribution in [0.15, 0.2) is 40.9 Å². The second-order valence-corrected chi connectivity index (χ2v) is 5.54. The maximum atomic E-state index is 5.84. The second kappa shape index (κ2) is 5.72. The summed E-state index contributed by atoms with van der Waals surface area (Å²) < 4.78 is 6.83. The number of halogens is 2. The molecule has 94 valence electrons. The van der Waals surface area contributed by atoms with Crippen molar-refractivity contribution in [3.05, 3.63) is 51.6 Å². The first kappa shape index (κ1) is 13.4. The lowest BCUT2D eigenvalue weighted by Crippen LogP contribution is -1.95. The van der Waals surface area contributed by atoms with Gasteiger partial charge in [0.1, 0.15) is 10.9 Å². The van der Waals surface area contributed by atoms with Crippen LogP contribution in [0.1, 0.15) is 25.3 Å². The van der Waals surface area contributed by atoms with Crippen LogP contribution in [0, 0.1) is 0 Å². The smallest absolute Gasteiger partial charge is 0.220 e. The van der Waals surface area contributed by atoms with Crippen LogP contribution in [0.2, 0.25) is 5.15 Å². The van der Waals surface area contributed by atoms with Gasteiger partial charge in [0.25, 0.3) is 0 Å². The topological polar surface area (TPSA) is 22.1 Å². The lowest BCUT2D eigenvalue weighted by atomic mass is 10.0. The number of aromatic nitrogens is 1. The van der Waals surface area contributed by atoms with Gasteiger partial charge in [0, 0.05) is 10.5 Å². The molecule has 0 atom stereocenters. The molecule has 0 radical (unpaired) electrons. The van der Waals surface area contributed by atoms with Crippen molar-refractivity contribution in [1.82, 2.24) is 4.98 Å². The van der Waals surface area contributed by atoms with Gasteiger partial charge in [-0.2, -0.15) is 0 Å². The summed E-state index contributed by atoms with van der Waals surface area (Å²) in [6.07, 6.45) is 0. The molecule has 18 heavy (non-hydrogen) atoms. The average molecular weight is 327 g/mol. The van der Waals surface area contributed by atoms with Crippen molar-refractivity contribution in [2.75, 3.05) is 0 Å². The Morgan fingerprint density at radius 1 is 1.22 bits per heavy atom. The number of rotatable bonds is 3. The molecule has 1 aromatic heterocycles. The number of hydrogen-bond acceptors (Lipinski definition) is 2. The third-order valence-corrected chi connectivity index (χ3v) is 3.20. The van der Waals surface area contributed by atoms with E-state index in [1.165, 1.54) is 0 Å². The normalized spacial score (nSPS) is 10.7. The first-order chi connectivity index (χ1) is 8.56. The summed E-state index contributed by atoms with van der Waals surface area (Å²) in [4.78, 5) is 4.12. The van der Waals surface area contributed by atoms with Crippen LogP contribution in [0.25, 0.3) is 0 Å². The first-order valence-electron chi connectivity index (χ1n) is 5.66. The minimum absolute atomic E-state index is 0.372. The zero-order chi connectivity index (χ0) is 13.1. The van der Waals surface area contributed by atoms with Crippen LogP contribution >= 0.6 is 27.5 Å². The highest BCUT2D eigenvalue weighted by Gasteiger charge is 2.10. The highest BCUT2D eigenvalue weighted by Crippen LogP contribution is 2.32. The zero-order valence-corrected chi connectivity index (χ0v) is 12.5. The third kappa shape index (κ3) is 3.24. The molecule has 0 saturated heterocycles. The monoisotopic (exact) mass is 325 g/mol. The fraction of sp³-hybridized carbons (Fsp3) is 0.214. The maximum absolute atomic E-state index is 5.84. The van der Waals surface area contributed by atoms with Crippen molar-refractivity contribution in [3.63, 3.8) is 0 Å². The van der Waals surface area contributed by atoms with Gasteiger partial charge in [-0.1, -0.05) is 47.4 Å². The van der Waals surface area contributed by atoms with Gasteiger partial charge in [0.05, 0.1) is 0 Å². The van der Waals surface area contributed by atoms with Gasteiger partial charge >= 0.3 is 0 Å². The molecule has 0 aliphatic rings. The van der Waals surface area contributed by atoms with E-state index in [-0.39, 0.29) is 0 Å². The van der Waals surface area contributed by atoms with Crippen molar-refractivity contribution in [1.29, 1.82) is 0 Å². The first-order valence-corrected chi connectivity index (χ1v) is 6.83. The van der Waals surface area contributed by atoms with Gasteiger partial charge in [-0.3, -0.25) is 0 Å². The summed E-state index contributed by atoms with van der Waals surface area (Å²) in [5.41, 5.74) is 1.13. The molecule has 2 rings (SSSR count). The Kier molecular flexibility index (Phi) is 4.25. The summed E-state index contributed by atoms with van der Waals surface area (Å²) in [7, 11) is 0. The summed E-state index contributed by atoms with van der Waals surface area (Å²) >= 11 is 9.31. The number of ether oxygens (including phenoxy) is 1. The minimum Gasteiger partial charge on any atom is -0.439 e. The van der Waals surface area contributed by atoms with Gasteiger partial charge in [0.2, 0.25) is 5.88 Å². The molecule has 2 nitrogen and oxygen atoms in total. The van der Waals surface area contributed by atoms with Crippen LogP contribution in [0.5, 0.6) is 11.6 Å². The molecule has 1 heterocycles. The summed E-state index contributed by atoms with van der Waals surface area (Å²) in [6.45, 7) is 4.25. The van der Waals surface area contributed by atoms with Gasteiger partial charge < -0.3 is 4.74 Å².